The summed E-state index contributed by atoms with van der Waals surface area (Å²) in [5, 5.41) is 0. The lowest BCUT2D eigenvalue weighted by Gasteiger charge is -2.24. The van der Waals surface area contributed by atoms with E-state index in [4.69, 9.17) is 0 Å². The van der Waals surface area contributed by atoms with Gasteiger partial charge in [0, 0.05) is 17.4 Å². The van der Waals surface area contributed by atoms with Gasteiger partial charge in [0.2, 0.25) is 0 Å². The SMILES string of the molecule is CC(=O)c1ccc2c(c1)C(C1c3ccccc3-c3ccccc31)c1ccccc1-2. The minimum atomic E-state index is 0.120. The summed E-state index contributed by atoms with van der Waals surface area (Å²) in [4.78, 5) is 12.1. The topological polar surface area (TPSA) is 17.1 Å². The van der Waals surface area contributed by atoms with Crippen molar-refractivity contribution < 1.29 is 4.79 Å². The highest BCUT2D eigenvalue weighted by atomic mass is 16.1. The van der Waals surface area contributed by atoms with Gasteiger partial charge in [0.1, 0.15) is 0 Å². The molecule has 0 saturated heterocycles. The van der Waals surface area contributed by atoms with Crippen LogP contribution in [0.1, 0.15) is 51.4 Å². The second-order valence-corrected chi connectivity index (χ2v) is 8.08. The smallest absolute Gasteiger partial charge is 0.159 e. The quantitative estimate of drug-likeness (QED) is 0.353. The molecule has 0 aliphatic heterocycles. The Balaban J connectivity index is 1.66. The van der Waals surface area contributed by atoms with Crippen molar-refractivity contribution in [2.75, 3.05) is 0 Å². The van der Waals surface area contributed by atoms with Gasteiger partial charge in [0.15, 0.2) is 5.78 Å². The van der Waals surface area contributed by atoms with Crippen LogP contribution in [0.15, 0.2) is 91.0 Å². The standard InChI is InChI=1S/C28H20O/c1-17(29)18-14-15-22-21-10-4-7-13-25(21)28(26(22)16-18)27-23-11-5-2-8-19(23)20-9-3-6-12-24(20)27/h2-16,27-28H,1H3. The summed E-state index contributed by atoms with van der Waals surface area (Å²) >= 11 is 0. The van der Waals surface area contributed by atoms with Gasteiger partial charge in [-0.1, -0.05) is 84.9 Å². The van der Waals surface area contributed by atoms with Crippen LogP contribution < -0.4 is 0 Å². The molecule has 6 rings (SSSR count). The zero-order valence-corrected chi connectivity index (χ0v) is 16.2. The maximum atomic E-state index is 12.1. The molecule has 0 amide bonds. The summed E-state index contributed by atoms with van der Waals surface area (Å²) in [6, 6.07) is 32.5. The molecule has 1 heteroatoms. The zero-order valence-electron chi connectivity index (χ0n) is 16.2. The molecule has 2 aliphatic carbocycles. The molecule has 4 aromatic carbocycles. The minimum absolute atomic E-state index is 0.120. The van der Waals surface area contributed by atoms with Crippen molar-refractivity contribution in [2.24, 2.45) is 0 Å². The van der Waals surface area contributed by atoms with Crippen LogP contribution in [0.3, 0.4) is 0 Å². The number of Topliss-reactive ketones (excluding diaryl/α,β-unsaturated/α-hetero) is 1. The van der Waals surface area contributed by atoms with Gasteiger partial charge in [-0.3, -0.25) is 4.79 Å². The van der Waals surface area contributed by atoms with E-state index in [0.29, 0.717) is 0 Å². The highest BCUT2D eigenvalue weighted by Gasteiger charge is 2.40. The van der Waals surface area contributed by atoms with Crippen LogP contribution >= 0.6 is 0 Å². The highest BCUT2D eigenvalue weighted by molar-refractivity contribution is 5.96. The number of fused-ring (bicyclic) bond motifs is 6. The monoisotopic (exact) mass is 372 g/mol. The molecule has 0 radical (unpaired) electrons. The zero-order chi connectivity index (χ0) is 19.5. The second kappa shape index (κ2) is 6.02. The van der Waals surface area contributed by atoms with E-state index in [1.807, 2.05) is 6.07 Å². The molecule has 1 unspecified atom stereocenters. The number of hydrogen-bond donors (Lipinski definition) is 0. The Labute approximate surface area is 170 Å². The van der Waals surface area contributed by atoms with Crippen molar-refractivity contribution in [1.29, 1.82) is 0 Å². The van der Waals surface area contributed by atoms with Crippen LogP contribution in [0.2, 0.25) is 0 Å². The van der Waals surface area contributed by atoms with Crippen molar-refractivity contribution in [1.82, 2.24) is 0 Å². The van der Waals surface area contributed by atoms with Crippen LogP contribution in [0.25, 0.3) is 22.3 Å². The van der Waals surface area contributed by atoms with Crippen molar-refractivity contribution in [3.63, 3.8) is 0 Å². The summed E-state index contributed by atoms with van der Waals surface area (Å²) in [6.45, 7) is 1.65. The van der Waals surface area contributed by atoms with E-state index in [2.05, 4.69) is 84.9 Å². The van der Waals surface area contributed by atoms with E-state index in [1.54, 1.807) is 6.92 Å². The van der Waals surface area contributed by atoms with Crippen molar-refractivity contribution in [3.05, 3.63) is 119 Å². The predicted octanol–water partition coefficient (Wildman–Crippen LogP) is 6.81. The maximum Gasteiger partial charge on any atom is 0.159 e. The fraction of sp³-hybridized carbons (Fsp3) is 0.107. The number of carbonyl (C=O) groups is 1. The first kappa shape index (κ1) is 16.5. The number of hydrogen-bond acceptors (Lipinski definition) is 1. The third kappa shape index (κ3) is 2.25. The van der Waals surface area contributed by atoms with Gasteiger partial charge in [-0.25, -0.2) is 0 Å². The number of benzene rings is 4. The normalized spacial score (nSPS) is 16.1. The predicted molar refractivity (Wildman–Crippen MR) is 117 cm³/mol. The molecule has 138 valence electrons. The molecule has 0 fully saturated rings. The first-order chi connectivity index (χ1) is 14.2. The third-order valence-electron chi connectivity index (χ3n) is 6.59. The maximum absolute atomic E-state index is 12.1. The Morgan fingerprint density at radius 2 is 0.966 bits per heavy atom. The van der Waals surface area contributed by atoms with Gasteiger partial charge >= 0.3 is 0 Å². The lowest BCUT2D eigenvalue weighted by Crippen LogP contribution is -2.10. The molecule has 2 aliphatic rings. The molecule has 1 atom stereocenters. The lowest BCUT2D eigenvalue weighted by molar-refractivity contribution is 0.101. The molecule has 0 bridgehead atoms. The third-order valence-corrected chi connectivity index (χ3v) is 6.59. The first-order valence-electron chi connectivity index (χ1n) is 10.2. The van der Waals surface area contributed by atoms with E-state index >= 15 is 0 Å². The average molecular weight is 372 g/mol. The van der Waals surface area contributed by atoms with Gasteiger partial charge in [0.25, 0.3) is 0 Å². The van der Waals surface area contributed by atoms with E-state index in [0.717, 1.165) is 5.56 Å². The average Bonchev–Trinajstić information content (AvgIpc) is 3.26. The minimum Gasteiger partial charge on any atom is -0.295 e. The fourth-order valence-corrected chi connectivity index (χ4v) is 5.38. The van der Waals surface area contributed by atoms with E-state index < -0.39 is 0 Å². The van der Waals surface area contributed by atoms with Crippen molar-refractivity contribution in [3.8, 4) is 22.3 Å². The summed E-state index contributed by atoms with van der Waals surface area (Å²) in [6.07, 6.45) is 0. The van der Waals surface area contributed by atoms with Gasteiger partial charge in [-0.05, 0) is 57.5 Å². The van der Waals surface area contributed by atoms with Gasteiger partial charge in [0.05, 0.1) is 0 Å². The second-order valence-electron chi connectivity index (χ2n) is 8.08. The molecule has 0 aromatic heterocycles. The van der Waals surface area contributed by atoms with E-state index in [-0.39, 0.29) is 17.6 Å². The summed E-state index contributed by atoms with van der Waals surface area (Å²) in [5.74, 6) is 0.590. The largest absolute Gasteiger partial charge is 0.295 e. The number of rotatable bonds is 2. The Morgan fingerprint density at radius 3 is 1.45 bits per heavy atom. The van der Waals surface area contributed by atoms with E-state index in [9.17, 15) is 4.79 Å². The summed E-state index contributed by atoms with van der Waals surface area (Å²) < 4.78 is 0. The summed E-state index contributed by atoms with van der Waals surface area (Å²) in [7, 11) is 0. The summed E-state index contributed by atoms with van der Waals surface area (Å²) in [5.41, 5.74) is 11.4. The molecule has 0 N–H and O–H groups in total. The van der Waals surface area contributed by atoms with Crippen LogP contribution in [-0.2, 0) is 0 Å². The van der Waals surface area contributed by atoms with Crippen LogP contribution in [0, 0.1) is 0 Å². The Kier molecular flexibility index (Phi) is 3.43. The van der Waals surface area contributed by atoms with Crippen LogP contribution in [0.4, 0.5) is 0 Å². The number of ketones is 1. The van der Waals surface area contributed by atoms with Crippen LogP contribution in [-0.4, -0.2) is 5.78 Å². The molecular formula is C28H20O. The molecule has 29 heavy (non-hydrogen) atoms. The first-order valence-corrected chi connectivity index (χ1v) is 10.2. The molecule has 0 saturated carbocycles. The Bertz CT molecular complexity index is 1250. The van der Waals surface area contributed by atoms with Crippen molar-refractivity contribution >= 4 is 5.78 Å². The van der Waals surface area contributed by atoms with Gasteiger partial charge < -0.3 is 0 Å². The van der Waals surface area contributed by atoms with E-state index in [1.165, 1.54) is 44.5 Å². The molecule has 0 spiro atoms. The molecule has 4 aromatic rings. The Hall–Kier alpha value is -3.45. The van der Waals surface area contributed by atoms with Crippen molar-refractivity contribution in [2.45, 2.75) is 18.8 Å². The lowest BCUT2D eigenvalue weighted by atomic mass is 9.78. The molecule has 0 heterocycles. The number of carbonyl (C=O) groups excluding carboxylic acids is 1. The Morgan fingerprint density at radius 1 is 0.552 bits per heavy atom. The molecule has 1 nitrogen and oxygen atoms in total. The van der Waals surface area contributed by atoms with Gasteiger partial charge in [-0.2, -0.15) is 0 Å². The van der Waals surface area contributed by atoms with Crippen LogP contribution in [0.5, 0.6) is 0 Å². The fourth-order valence-electron chi connectivity index (χ4n) is 5.38. The highest BCUT2D eigenvalue weighted by Crippen LogP contribution is 2.58. The molecular weight excluding hydrogens is 352 g/mol. The van der Waals surface area contributed by atoms with Gasteiger partial charge in [-0.15, -0.1) is 0 Å².